The summed E-state index contributed by atoms with van der Waals surface area (Å²) in [4.78, 5) is 22.7. The zero-order valence-electron chi connectivity index (χ0n) is 15.6. The normalized spacial score (nSPS) is 16.7. The molecule has 0 aromatic carbocycles. The second kappa shape index (κ2) is 7.60. The Morgan fingerprint density at radius 1 is 1.36 bits per heavy atom. The molecule has 3 aromatic rings. The Bertz CT molecular complexity index is 1000. The number of nitrogens with zero attached hydrogens (tertiary/aromatic N) is 8. The highest BCUT2D eigenvalue weighted by molar-refractivity contribution is 5.94. The van der Waals surface area contributed by atoms with Crippen LogP contribution in [0.1, 0.15) is 46.5 Å². The van der Waals surface area contributed by atoms with Crippen LogP contribution in [0.3, 0.4) is 0 Å². The largest absolute Gasteiger partial charge is 0.338 e. The van der Waals surface area contributed by atoms with Crippen molar-refractivity contribution in [2.24, 2.45) is 7.05 Å². The van der Waals surface area contributed by atoms with Crippen molar-refractivity contribution in [2.75, 3.05) is 13.1 Å². The van der Waals surface area contributed by atoms with E-state index in [1.807, 2.05) is 33.3 Å². The fourth-order valence-electron chi connectivity index (χ4n) is 3.55. The monoisotopic (exact) mass is 376 g/mol. The van der Waals surface area contributed by atoms with Gasteiger partial charge in [0, 0.05) is 44.6 Å². The lowest BCUT2D eigenvalue weighted by atomic mass is 9.96. The number of aromatic nitrogens is 6. The molecule has 4 rings (SSSR count). The van der Waals surface area contributed by atoms with E-state index in [1.165, 1.54) is 6.20 Å². The van der Waals surface area contributed by atoms with Gasteiger partial charge < -0.3 is 14.0 Å². The number of hydrogen-bond donors (Lipinski definition) is 0. The quantitative estimate of drug-likeness (QED) is 0.680. The number of carbonyl (C=O) groups excluding carboxylic acids is 1. The van der Waals surface area contributed by atoms with Crippen LogP contribution in [0.4, 0.5) is 0 Å². The first-order chi connectivity index (χ1) is 13.7. The lowest BCUT2D eigenvalue weighted by Crippen LogP contribution is -2.39. The molecule has 1 fully saturated rings. The summed E-state index contributed by atoms with van der Waals surface area (Å²) >= 11 is 0. The predicted molar refractivity (Wildman–Crippen MR) is 99.2 cm³/mol. The Morgan fingerprint density at radius 3 is 2.96 bits per heavy atom. The van der Waals surface area contributed by atoms with Gasteiger partial charge in [-0.3, -0.25) is 4.79 Å². The first-order valence-electron chi connectivity index (χ1n) is 9.15. The molecule has 0 bridgehead atoms. The van der Waals surface area contributed by atoms with Gasteiger partial charge in [-0.15, -0.1) is 10.2 Å². The second-order valence-electron chi connectivity index (χ2n) is 6.90. The lowest BCUT2D eigenvalue weighted by molar-refractivity contribution is 0.0703. The molecule has 0 radical (unpaired) electrons. The maximum absolute atomic E-state index is 12.8. The average molecular weight is 376 g/mol. The van der Waals surface area contributed by atoms with Crippen LogP contribution in [0, 0.1) is 11.3 Å². The fourth-order valence-corrected chi connectivity index (χ4v) is 3.55. The standard InChI is InChI=1S/C19H20N8O/c1-25-17(12-26-8-6-21-13-26)23-24-18(25)15-3-2-7-27(11-15)19(28)14-4-5-16(9-20)22-10-14/h4-6,8,10,13,15H,2-3,7,11-12H2,1H3/t15-/m0/s1. The molecule has 0 spiro atoms. The highest BCUT2D eigenvalue weighted by Crippen LogP contribution is 2.26. The maximum atomic E-state index is 12.8. The fraction of sp³-hybridized carbons (Fsp3) is 0.368. The number of nitriles is 1. The van der Waals surface area contributed by atoms with Gasteiger partial charge in [-0.2, -0.15) is 5.26 Å². The van der Waals surface area contributed by atoms with Gasteiger partial charge >= 0.3 is 0 Å². The van der Waals surface area contributed by atoms with Gasteiger partial charge in [-0.05, 0) is 25.0 Å². The Labute approximate surface area is 162 Å². The number of pyridine rings is 1. The van der Waals surface area contributed by atoms with Gasteiger partial charge in [0.05, 0.1) is 18.4 Å². The summed E-state index contributed by atoms with van der Waals surface area (Å²) in [6.07, 6.45) is 8.72. The zero-order valence-corrected chi connectivity index (χ0v) is 15.6. The number of imidazole rings is 1. The van der Waals surface area contributed by atoms with Gasteiger partial charge in [0.2, 0.25) is 0 Å². The predicted octanol–water partition coefficient (Wildman–Crippen LogP) is 1.35. The van der Waals surface area contributed by atoms with Crippen molar-refractivity contribution in [2.45, 2.75) is 25.3 Å². The van der Waals surface area contributed by atoms with E-state index >= 15 is 0 Å². The summed E-state index contributed by atoms with van der Waals surface area (Å²) in [6.45, 7) is 1.90. The molecule has 1 amide bonds. The van der Waals surface area contributed by atoms with Gasteiger partial charge in [0.15, 0.2) is 5.82 Å². The first kappa shape index (κ1) is 17.9. The highest BCUT2D eigenvalue weighted by atomic mass is 16.2. The van der Waals surface area contributed by atoms with Gasteiger partial charge in [0.25, 0.3) is 5.91 Å². The van der Waals surface area contributed by atoms with E-state index in [2.05, 4.69) is 20.2 Å². The minimum absolute atomic E-state index is 0.0671. The molecule has 9 nitrogen and oxygen atoms in total. The molecular formula is C19H20N8O. The minimum atomic E-state index is -0.0671. The summed E-state index contributed by atoms with van der Waals surface area (Å²) in [7, 11) is 1.97. The lowest BCUT2D eigenvalue weighted by Gasteiger charge is -2.32. The topological polar surface area (TPSA) is 106 Å². The maximum Gasteiger partial charge on any atom is 0.255 e. The van der Waals surface area contributed by atoms with Crippen molar-refractivity contribution in [3.63, 3.8) is 0 Å². The number of piperidine rings is 1. The summed E-state index contributed by atoms with van der Waals surface area (Å²) in [6, 6.07) is 5.19. The molecule has 4 heterocycles. The van der Waals surface area contributed by atoms with Crippen LogP contribution in [0.5, 0.6) is 0 Å². The molecule has 1 aliphatic rings. The summed E-state index contributed by atoms with van der Waals surface area (Å²) in [5.74, 6) is 1.82. The Hall–Kier alpha value is -3.54. The molecule has 0 aliphatic carbocycles. The molecule has 0 unspecified atom stereocenters. The summed E-state index contributed by atoms with van der Waals surface area (Å²) in [5.41, 5.74) is 0.802. The molecule has 142 valence electrons. The molecule has 1 atom stereocenters. The Kier molecular flexibility index (Phi) is 4.85. The van der Waals surface area contributed by atoms with Crippen LogP contribution in [0.2, 0.25) is 0 Å². The molecule has 1 aliphatic heterocycles. The molecule has 9 heteroatoms. The van der Waals surface area contributed by atoms with E-state index in [-0.39, 0.29) is 11.8 Å². The van der Waals surface area contributed by atoms with E-state index in [0.717, 1.165) is 24.5 Å². The average Bonchev–Trinajstić information content (AvgIpc) is 3.38. The van der Waals surface area contributed by atoms with Crippen molar-refractivity contribution in [1.29, 1.82) is 5.26 Å². The van der Waals surface area contributed by atoms with Crippen LogP contribution in [-0.4, -0.2) is 53.2 Å². The molecule has 0 N–H and O–H groups in total. The highest BCUT2D eigenvalue weighted by Gasteiger charge is 2.29. The van der Waals surface area contributed by atoms with Gasteiger partial charge in [-0.1, -0.05) is 0 Å². The number of rotatable bonds is 4. The third kappa shape index (κ3) is 3.49. The third-order valence-electron chi connectivity index (χ3n) is 5.08. The molecule has 28 heavy (non-hydrogen) atoms. The zero-order chi connectivity index (χ0) is 19.5. The van der Waals surface area contributed by atoms with Crippen molar-refractivity contribution in [1.82, 2.24) is 34.2 Å². The number of carbonyl (C=O) groups is 1. The smallest absolute Gasteiger partial charge is 0.255 e. The first-order valence-corrected chi connectivity index (χ1v) is 9.15. The van der Waals surface area contributed by atoms with Gasteiger partial charge in [0.1, 0.15) is 17.6 Å². The number of amides is 1. The van der Waals surface area contributed by atoms with E-state index in [9.17, 15) is 4.79 Å². The number of hydrogen-bond acceptors (Lipinski definition) is 6. The number of likely N-dealkylation sites (tertiary alicyclic amines) is 1. The van der Waals surface area contributed by atoms with Crippen LogP contribution >= 0.6 is 0 Å². The second-order valence-corrected chi connectivity index (χ2v) is 6.90. The molecule has 3 aromatic heterocycles. The van der Waals surface area contributed by atoms with Crippen LogP contribution in [0.25, 0.3) is 0 Å². The van der Waals surface area contributed by atoms with Crippen LogP contribution in [0.15, 0.2) is 37.1 Å². The van der Waals surface area contributed by atoms with Crippen molar-refractivity contribution < 1.29 is 4.79 Å². The van der Waals surface area contributed by atoms with Crippen molar-refractivity contribution in [3.05, 3.63) is 60.0 Å². The molecular weight excluding hydrogens is 356 g/mol. The van der Waals surface area contributed by atoms with E-state index in [0.29, 0.717) is 30.9 Å². The van der Waals surface area contributed by atoms with Crippen LogP contribution in [-0.2, 0) is 13.6 Å². The Morgan fingerprint density at radius 2 is 2.25 bits per heavy atom. The van der Waals surface area contributed by atoms with Crippen LogP contribution < -0.4 is 0 Å². The molecule has 1 saturated heterocycles. The molecule has 0 saturated carbocycles. The van der Waals surface area contributed by atoms with Crippen molar-refractivity contribution in [3.8, 4) is 6.07 Å². The SMILES string of the molecule is Cn1c(Cn2ccnc2)nnc1[C@H]1CCCN(C(=O)c2ccc(C#N)nc2)C1. The van der Waals surface area contributed by atoms with Gasteiger partial charge in [-0.25, -0.2) is 9.97 Å². The Balaban J connectivity index is 1.48. The van der Waals surface area contributed by atoms with E-state index in [4.69, 9.17) is 5.26 Å². The minimum Gasteiger partial charge on any atom is -0.338 e. The third-order valence-corrected chi connectivity index (χ3v) is 5.08. The van der Waals surface area contributed by atoms with E-state index in [1.54, 1.807) is 24.7 Å². The summed E-state index contributed by atoms with van der Waals surface area (Å²) in [5, 5.41) is 17.6. The summed E-state index contributed by atoms with van der Waals surface area (Å²) < 4.78 is 3.96. The van der Waals surface area contributed by atoms with E-state index < -0.39 is 0 Å². The van der Waals surface area contributed by atoms with Crippen molar-refractivity contribution >= 4 is 5.91 Å².